The molecule has 196 valence electrons. The second kappa shape index (κ2) is 11.6. The van der Waals surface area contributed by atoms with Crippen LogP contribution in [0.25, 0.3) is 0 Å². The number of aryl methyl sites for hydroxylation is 1. The minimum atomic E-state index is -5.08. The van der Waals surface area contributed by atoms with Crippen molar-refractivity contribution in [3.05, 3.63) is 53.6 Å². The second-order valence-corrected chi connectivity index (χ2v) is 9.11. The number of nitrogens with one attached hydrogen (secondary N) is 1. The molecule has 0 aliphatic carbocycles. The molecule has 10 heteroatoms. The van der Waals surface area contributed by atoms with Crippen LogP contribution in [0.4, 0.5) is 24.5 Å². The Hall–Kier alpha value is -3.27. The van der Waals surface area contributed by atoms with Crippen LogP contribution in [-0.4, -0.2) is 66.9 Å². The summed E-state index contributed by atoms with van der Waals surface area (Å²) in [5.74, 6) is -2.20. The molecule has 36 heavy (non-hydrogen) atoms. The number of aliphatic carboxylic acids is 1. The first kappa shape index (κ1) is 27.3. The van der Waals surface area contributed by atoms with Gasteiger partial charge in [-0.3, -0.25) is 9.69 Å². The van der Waals surface area contributed by atoms with E-state index in [1.165, 1.54) is 37.1 Å². The smallest absolute Gasteiger partial charge is 0.490 e. The van der Waals surface area contributed by atoms with E-state index in [0.29, 0.717) is 17.4 Å². The number of methoxy groups -OCH3 is 1. The summed E-state index contributed by atoms with van der Waals surface area (Å²) in [5.41, 5.74) is 3.89. The number of anilines is 2. The summed E-state index contributed by atoms with van der Waals surface area (Å²) in [7, 11) is 1.60. The minimum absolute atomic E-state index is 0.125. The third-order valence-electron chi connectivity index (χ3n) is 6.61. The zero-order valence-electron chi connectivity index (χ0n) is 20.6. The van der Waals surface area contributed by atoms with Crippen LogP contribution in [0.3, 0.4) is 0 Å². The molecule has 7 nitrogen and oxygen atoms in total. The van der Waals surface area contributed by atoms with E-state index >= 15 is 0 Å². The van der Waals surface area contributed by atoms with Crippen LogP contribution in [0.5, 0.6) is 5.75 Å². The standard InChI is InChI=1S/C24H31N3O2.C2HF3O2/c1-17-14-20(25-24(28)19-7-4-8-22(15-19)29-3)9-10-23(17)26-13-11-21(16-26)27-12-5-6-18(27)2;3-2(4,5)1(6)7/h4,7-10,14-15,18,21H,5-6,11-13,16H2,1-3H3,(H,25,28);(H,6,7). The van der Waals surface area contributed by atoms with Crippen molar-refractivity contribution in [2.45, 2.75) is 51.4 Å². The average molecular weight is 508 g/mol. The maximum Gasteiger partial charge on any atom is 0.490 e. The number of benzene rings is 2. The van der Waals surface area contributed by atoms with Crippen molar-refractivity contribution >= 4 is 23.3 Å². The van der Waals surface area contributed by atoms with Crippen molar-refractivity contribution < 1.29 is 32.6 Å². The fourth-order valence-electron chi connectivity index (χ4n) is 4.78. The van der Waals surface area contributed by atoms with E-state index in [9.17, 15) is 18.0 Å². The van der Waals surface area contributed by atoms with Gasteiger partial charge < -0.3 is 20.1 Å². The van der Waals surface area contributed by atoms with Gasteiger partial charge in [-0.2, -0.15) is 13.2 Å². The fraction of sp³-hybridized carbons (Fsp3) is 0.462. The molecule has 2 atom stereocenters. The molecule has 0 saturated carbocycles. The zero-order valence-corrected chi connectivity index (χ0v) is 20.6. The number of carboxylic acid groups (broad SMARTS) is 1. The summed E-state index contributed by atoms with van der Waals surface area (Å²) in [6.07, 6.45) is -1.19. The van der Waals surface area contributed by atoms with Crippen LogP contribution in [-0.2, 0) is 4.79 Å². The first-order valence-electron chi connectivity index (χ1n) is 11.9. The maximum absolute atomic E-state index is 12.6. The highest BCUT2D eigenvalue weighted by Gasteiger charge is 2.38. The SMILES string of the molecule is COc1cccc(C(=O)Nc2ccc(N3CCC(N4CCCC4C)C3)c(C)c2)c1.O=C(O)C(F)(F)F. The second-order valence-electron chi connectivity index (χ2n) is 9.11. The lowest BCUT2D eigenvalue weighted by Gasteiger charge is -2.29. The molecule has 0 aromatic heterocycles. The van der Waals surface area contributed by atoms with Gasteiger partial charge in [0.15, 0.2) is 0 Å². The van der Waals surface area contributed by atoms with Crippen molar-refractivity contribution in [3.8, 4) is 5.75 Å². The van der Waals surface area contributed by atoms with E-state index in [1.54, 1.807) is 19.2 Å². The number of halogens is 3. The predicted molar refractivity (Wildman–Crippen MR) is 132 cm³/mol. The normalized spacial score (nSPS) is 20.0. The lowest BCUT2D eigenvalue weighted by atomic mass is 10.1. The Labute approximate surface area is 208 Å². The number of likely N-dealkylation sites (tertiary alicyclic amines) is 1. The third kappa shape index (κ3) is 6.90. The first-order valence-corrected chi connectivity index (χ1v) is 11.9. The zero-order chi connectivity index (χ0) is 26.5. The lowest BCUT2D eigenvalue weighted by molar-refractivity contribution is -0.192. The molecule has 1 amide bonds. The van der Waals surface area contributed by atoms with E-state index in [2.05, 4.69) is 41.1 Å². The topological polar surface area (TPSA) is 82.1 Å². The predicted octanol–water partition coefficient (Wildman–Crippen LogP) is 4.95. The molecule has 2 aromatic rings. The Balaban J connectivity index is 0.000000454. The Morgan fingerprint density at radius 2 is 1.83 bits per heavy atom. The van der Waals surface area contributed by atoms with Crippen molar-refractivity contribution in [2.24, 2.45) is 0 Å². The van der Waals surface area contributed by atoms with Gasteiger partial charge in [0.05, 0.1) is 7.11 Å². The Bertz CT molecular complexity index is 1080. The van der Waals surface area contributed by atoms with Gasteiger partial charge in [-0.25, -0.2) is 4.79 Å². The summed E-state index contributed by atoms with van der Waals surface area (Å²) in [5, 5.41) is 10.1. The number of ether oxygens (including phenoxy) is 1. The third-order valence-corrected chi connectivity index (χ3v) is 6.61. The van der Waals surface area contributed by atoms with E-state index in [1.807, 2.05) is 18.2 Å². The van der Waals surface area contributed by atoms with Crippen LogP contribution < -0.4 is 15.0 Å². The first-order chi connectivity index (χ1) is 17.0. The van der Waals surface area contributed by atoms with E-state index in [0.717, 1.165) is 24.8 Å². The summed E-state index contributed by atoms with van der Waals surface area (Å²) in [6.45, 7) is 7.93. The van der Waals surface area contributed by atoms with E-state index in [4.69, 9.17) is 14.6 Å². The Morgan fingerprint density at radius 1 is 1.11 bits per heavy atom. The number of amides is 1. The number of nitrogens with zero attached hydrogens (tertiary/aromatic N) is 2. The molecular formula is C26H32F3N3O4. The van der Waals surface area contributed by atoms with Gasteiger partial charge in [0.25, 0.3) is 5.91 Å². The molecule has 2 fully saturated rings. The number of carboxylic acids is 1. The molecular weight excluding hydrogens is 475 g/mol. The van der Waals surface area contributed by atoms with Gasteiger partial charge >= 0.3 is 12.1 Å². The van der Waals surface area contributed by atoms with Gasteiger partial charge in [-0.15, -0.1) is 0 Å². The molecule has 2 aliphatic heterocycles. The van der Waals surface area contributed by atoms with E-state index < -0.39 is 12.1 Å². The number of carbonyl (C=O) groups is 2. The van der Waals surface area contributed by atoms with Crippen LogP contribution in [0.2, 0.25) is 0 Å². The van der Waals surface area contributed by atoms with Gasteiger partial charge in [0.2, 0.25) is 0 Å². The number of hydrogen-bond acceptors (Lipinski definition) is 5. The highest BCUT2D eigenvalue weighted by Crippen LogP contribution is 2.31. The highest BCUT2D eigenvalue weighted by molar-refractivity contribution is 6.04. The van der Waals surface area contributed by atoms with Gasteiger partial charge in [0, 0.05) is 42.1 Å². The quantitative estimate of drug-likeness (QED) is 0.596. The van der Waals surface area contributed by atoms with Crippen LogP contribution in [0.15, 0.2) is 42.5 Å². The summed E-state index contributed by atoms with van der Waals surface area (Å²) in [4.78, 5) is 26.7. The molecule has 0 radical (unpaired) electrons. The molecule has 2 aromatic carbocycles. The fourth-order valence-corrected chi connectivity index (χ4v) is 4.78. The molecule has 2 aliphatic rings. The molecule has 4 rings (SSSR count). The van der Waals surface area contributed by atoms with Gasteiger partial charge in [-0.05, 0) is 81.6 Å². The van der Waals surface area contributed by atoms with Crippen molar-refractivity contribution in [3.63, 3.8) is 0 Å². The number of carbonyl (C=O) groups excluding carboxylic acids is 1. The summed E-state index contributed by atoms with van der Waals surface area (Å²) in [6, 6.07) is 14.8. The summed E-state index contributed by atoms with van der Waals surface area (Å²) >= 11 is 0. The van der Waals surface area contributed by atoms with Crippen molar-refractivity contribution in [2.75, 3.05) is 37.0 Å². The van der Waals surface area contributed by atoms with Crippen molar-refractivity contribution in [1.29, 1.82) is 0 Å². The highest BCUT2D eigenvalue weighted by atomic mass is 19.4. The monoisotopic (exact) mass is 507 g/mol. The van der Waals surface area contributed by atoms with Gasteiger partial charge in [0.1, 0.15) is 5.75 Å². The van der Waals surface area contributed by atoms with Crippen LogP contribution in [0, 0.1) is 6.92 Å². The van der Waals surface area contributed by atoms with Crippen LogP contribution >= 0.6 is 0 Å². The van der Waals surface area contributed by atoms with Gasteiger partial charge in [-0.1, -0.05) is 6.07 Å². The number of hydrogen-bond donors (Lipinski definition) is 2. The molecule has 2 heterocycles. The largest absolute Gasteiger partial charge is 0.497 e. The average Bonchev–Trinajstić information content (AvgIpc) is 3.48. The molecule has 0 bridgehead atoms. The summed E-state index contributed by atoms with van der Waals surface area (Å²) < 4.78 is 36.9. The molecule has 2 unspecified atom stereocenters. The molecule has 0 spiro atoms. The van der Waals surface area contributed by atoms with E-state index in [-0.39, 0.29) is 5.91 Å². The minimum Gasteiger partial charge on any atom is -0.497 e. The maximum atomic E-state index is 12.6. The number of alkyl halides is 3. The Kier molecular flexibility index (Phi) is 8.84. The van der Waals surface area contributed by atoms with Crippen molar-refractivity contribution in [1.82, 2.24) is 4.90 Å². The molecule has 2 N–H and O–H groups in total. The molecule has 2 saturated heterocycles. The van der Waals surface area contributed by atoms with Crippen LogP contribution in [0.1, 0.15) is 42.1 Å². The lowest BCUT2D eigenvalue weighted by Crippen LogP contribution is -2.39. The number of rotatable bonds is 5. The Morgan fingerprint density at radius 3 is 2.42 bits per heavy atom.